The lowest BCUT2D eigenvalue weighted by molar-refractivity contribution is -0.265. The van der Waals surface area contributed by atoms with E-state index >= 15 is 0 Å². The average Bonchev–Trinajstić information content (AvgIpc) is 2.41. The van der Waals surface area contributed by atoms with Gasteiger partial charge in [-0.15, -0.1) is 0 Å². The lowest BCUT2D eigenvalue weighted by atomic mass is 10.1. The minimum atomic E-state index is -3.46. The molecule has 1 aliphatic heterocycles. The molecule has 15 heavy (non-hydrogen) atoms. The summed E-state index contributed by atoms with van der Waals surface area (Å²) in [5.41, 5.74) is 7.53. The predicted molar refractivity (Wildman–Crippen MR) is 56.1 cm³/mol. The molecule has 0 saturated carbocycles. The van der Waals surface area contributed by atoms with E-state index in [2.05, 4.69) is 9.12 Å². The zero-order chi connectivity index (χ0) is 11.1. The van der Waals surface area contributed by atoms with Crippen molar-refractivity contribution in [2.24, 2.45) is 5.73 Å². The second kappa shape index (κ2) is 3.32. The van der Waals surface area contributed by atoms with Crippen molar-refractivity contribution in [3.05, 3.63) is 35.4 Å². The predicted octanol–water partition coefficient (Wildman–Crippen LogP) is -1.68. The highest BCUT2D eigenvalue weighted by atomic mass is 32.2. The van der Waals surface area contributed by atoms with Crippen LogP contribution < -0.4 is 14.9 Å². The van der Waals surface area contributed by atoms with E-state index in [0.29, 0.717) is 0 Å². The summed E-state index contributed by atoms with van der Waals surface area (Å²) < 4.78 is 27.0. The lowest BCUT2D eigenvalue weighted by Crippen LogP contribution is -2.76. The Morgan fingerprint density at radius 2 is 1.93 bits per heavy atom. The normalized spacial score (nSPS) is 23.8. The van der Waals surface area contributed by atoms with Crippen LogP contribution >= 0.6 is 0 Å². The van der Waals surface area contributed by atoms with Crippen LogP contribution in [-0.4, -0.2) is 14.3 Å². The fourth-order valence-corrected chi connectivity index (χ4v) is 2.53. The largest absolute Gasteiger partial charge is 0.371 e. The molecule has 1 aromatic carbocycles. The minimum Gasteiger partial charge on any atom is -0.288 e. The van der Waals surface area contributed by atoms with E-state index in [-0.39, 0.29) is 5.84 Å². The third-order valence-corrected chi connectivity index (χ3v) is 3.30. The van der Waals surface area contributed by atoms with Gasteiger partial charge in [0, 0.05) is 0 Å². The van der Waals surface area contributed by atoms with Gasteiger partial charge in [0.25, 0.3) is 5.84 Å². The standard InChI is InChI=1S/C9H11N3O2S/c1-6-2-4-7(5-3-6)8-9(10)12-15(13,14)11-8/h2-5,8,11H,1H3,(H2,10,12)/p+1/t8-/m1/s1. The average molecular weight is 226 g/mol. The summed E-state index contributed by atoms with van der Waals surface area (Å²) in [6.07, 6.45) is 0. The van der Waals surface area contributed by atoms with Crippen LogP contribution in [0.25, 0.3) is 0 Å². The molecule has 5 nitrogen and oxygen atoms in total. The summed E-state index contributed by atoms with van der Waals surface area (Å²) in [7, 11) is -3.46. The molecule has 0 unspecified atom stereocenters. The van der Waals surface area contributed by atoms with Crippen molar-refractivity contribution in [2.45, 2.75) is 13.0 Å². The molecule has 1 aliphatic rings. The maximum atomic E-state index is 11.2. The fraction of sp³-hybridized carbons (Fsp3) is 0.222. The highest BCUT2D eigenvalue weighted by Crippen LogP contribution is 2.14. The van der Waals surface area contributed by atoms with Crippen LogP contribution in [0, 0.1) is 6.92 Å². The van der Waals surface area contributed by atoms with Gasteiger partial charge in [-0.2, -0.15) is 17.5 Å². The molecule has 6 heteroatoms. The van der Waals surface area contributed by atoms with Gasteiger partial charge in [0.05, 0.1) is 0 Å². The third kappa shape index (κ3) is 2.00. The van der Waals surface area contributed by atoms with Crippen LogP contribution in [0.1, 0.15) is 17.2 Å². The minimum absolute atomic E-state index is 0.207. The van der Waals surface area contributed by atoms with E-state index in [4.69, 9.17) is 5.73 Å². The molecule has 80 valence electrons. The molecule has 0 bridgehead atoms. The smallest absolute Gasteiger partial charge is 0.288 e. The maximum Gasteiger partial charge on any atom is 0.371 e. The topological polar surface area (TPSA) is 86.2 Å². The van der Waals surface area contributed by atoms with Crippen molar-refractivity contribution < 1.29 is 12.8 Å². The third-order valence-electron chi connectivity index (χ3n) is 2.25. The first-order valence-electron chi connectivity index (χ1n) is 4.47. The van der Waals surface area contributed by atoms with Gasteiger partial charge in [0.1, 0.15) is 0 Å². The number of benzene rings is 1. The second-order valence-electron chi connectivity index (χ2n) is 3.52. The van der Waals surface area contributed by atoms with Crippen LogP contribution in [0.3, 0.4) is 0 Å². The first kappa shape index (κ1) is 10.1. The van der Waals surface area contributed by atoms with Gasteiger partial charge < -0.3 is 0 Å². The molecule has 0 fully saturated rings. The molecule has 1 aromatic rings. The lowest BCUT2D eigenvalue weighted by Gasteiger charge is -2.06. The van der Waals surface area contributed by atoms with Crippen molar-refractivity contribution in [1.82, 2.24) is 4.72 Å². The van der Waals surface area contributed by atoms with E-state index in [0.717, 1.165) is 11.1 Å². The van der Waals surface area contributed by atoms with E-state index < -0.39 is 16.3 Å². The first-order chi connectivity index (χ1) is 6.98. The Bertz CT molecular complexity index is 505. The molecule has 0 spiro atoms. The fourth-order valence-electron chi connectivity index (χ4n) is 1.47. The molecule has 0 aromatic heterocycles. The van der Waals surface area contributed by atoms with Crippen LogP contribution in [0.2, 0.25) is 0 Å². The zero-order valence-corrected chi connectivity index (χ0v) is 9.01. The molecule has 0 saturated heterocycles. The molecule has 2 rings (SSSR count). The van der Waals surface area contributed by atoms with Gasteiger partial charge >= 0.3 is 10.2 Å². The van der Waals surface area contributed by atoms with E-state index in [1.807, 2.05) is 31.2 Å². The monoisotopic (exact) mass is 226 g/mol. The molecule has 0 aliphatic carbocycles. The zero-order valence-electron chi connectivity index (χ0n) is 8.19. The van der Waals surface area contributed by atoms with Gasteiger partial charge in [0.2, 0.25) is 0 Å². The SMILES string of the molecule is Cc1ccc([C@H]2NS(=O)(=O)[NH+]=C2N)cc1. The van der Waals surface area contributed by atoms with E-state index in [9.17, 15) is 8.42 Å². The van der Waals surface area contributed by atoms with Crippen LogP contribution in [0.5, 0.6) is 0 Å². The van der Waals surface area contributed by atoms with Crippen LogP contribution in [0.15, 0.2) is 24.3 Å². The molecule has 4 N–H and O–H groups in total. The van der Waals surface area contributed by atoms with Crippen molar-refractivity contribution >= 4 is 16.0 Å². The number of hydrogen-bond donors (Lipinski definition) is 3. The van der Waals surface area contributed by atoms with Gasteiger partial charge in [-0.25, -0.2) is 0 Å². The summed E-state index contributed by atoms with van der Waals surface area (Å²) in [6, 6.07) is 7.05. The van der Waals surface area contributed by atoms with Crippen molar-refractivity contribution in [3.63, 3.8) is 0 Å². The Labute approximate surface area is 88.2 Å². The van der Waals surface area contributed by atoms with Crippen LogP contribution in [-0.2, 0) is 10.2 Å². The molecule has 1 atom stereocenters. The molecule has 0 amide bonds. The summed E-state index contributed by atoms with van der Waals surface area (Å²) in [5, 5.41) is 0. The summed E-state index contributed by atoms with van der Waals surface area (Å²) in [5.74, 6) is 0.207. The van der Waals surface area contributed by atoms with Crippen LogP contribution in [0.4, 0.5) is 0 Å². The van der Waals surface area contributed by atoms with E-state index in [1.165, 1.54) is 0 Å². The number of rotatable bonds is 1. The summed E-state index contributed by atoms with van der Waals surface area (Å²) in [4.78, 5) is 0. The Hall–Kier alpha value is -1.40. The van der Waals surface area contributed by atoms with Gasteiger partial charge in [-0.05, 0) is 12.5 Å². The van der Waals surface area contributed by atoms with Crippen molar-refractivity contribution in [3.8, 4) is 0 Å². The Balaban J connectivity index is 2.35. The van der Waals surface area contributed by atoms with Crippen molar-refractivity contribution in [2.75, 3.05) is 0 Å². The molecular weight excluding hydrogens is 214 g/mol. The number of aryl methyl sites for hydroxylation is 1. The summed E-state index contributed by atoms with van der Waals surface area (Å²) >= 11 is 0. The van der Waals surface area contributed by atoms with Gasteiger partial charge in [-0.1, -0.05) is 29.8 Å². The highest BCUT2D eigenvalue weighted by Gasteiger charge is 2.34. The van der Waals surface area contributed by atoms with E-state index in [1.54, 1.807) is 0 Å². The first-order valence-corrected chi connectivity index (χ1v) is 5.95. The second-order valence-corrected chi connectivity index (χ2v) is 4.97. The quantitative estimate of drug-likeness (QED) is 0.535. The molecular formula is C9H12N3O2S+. The Morgan fingerprint density at radius 1 is 1.33 bits per heavy atom. The van der Waals surface area contributed by atoms with Crippen molar-refractivity contribution in [1.29, 1.82) is 0 Å². The number of hydrogen-bond acceptors (Lipinski definition) is 3. The molecule has 0 radical (unpaired) electrons. The number of nitrogens with one attached hydrogen (secondary N) is 2. The highest BCUT2D eigenvalue weighted by molar-refractivity contribution is 7.83. The Kier molecular flexibility index (Phi) is 2.24. The number of nitrogens with two attached hydrogens (primary N) is 1. The number of amidine groups is 1. The summed E-state index contributed by atoms with van der Waals surface area (Å²) in [6.45, 7) is 1.97. The van der Waals surface area contributed by atoms with Gasteiger partial charge in [-0.3, -0.25) is 5.73 Å². The molecule has 1 heterocycles. The maximum absolute atomic E-state index is 11.2. The van der Waals surface area contributed by atoms with Gasteiger partial charge in [0.15, 0.2) is 6.04 Å². The Morgan fingerprint density at radius 3 is 2.40 bits per heavy atom.